The largest absolute Gasteiger partial charge is 0.459 e. The van der Waals surface area contributed by atoms with Gasteiger partial charge < -0.3 is 10.5 Å². The minimum absolute atomic E-state index is 0. The average Bonchev–Trinajstić information content (AvgIpc) is 2.43. The van der Waals surface area contributed by atoms with Crippen molar-refractivity contribution >= 4 is 24.2 Å². The molecule has 1 aromatic carbocycles. The Balaban J connectivity index is 0.00000264. The Morgan fingerprint density at radius 1 is 1.30 bits per heavy atom. The van der Waals surface area contributed by atoms with E-state index in [2.05, 4.69) is 5.32 Å². The maximum absolute atomic E-state index is 12.4. The van der Waals surface area contributed by atoms with Crippen LogP contribution in [0.2, 0.25) is 0 Å². The van der Waals surface area contributed by atoms with Crippen molar-refractivity contribution in [1.29, 1.82) is 0 Å². The van der Waals surface area contributed by atoms with Crippen molar-refractivity contribution in [3.8, 4) is 0 Å². The molecule has 1 aromatic rings. The molecule has 0 amide bonds. The monoisotopic (exact) mass is 340 g/mol. The van der Waals surface area contributed by atoms with Crippen molar-refractivity contribution in [1.82, 2.24) is 5.32 Å². The fraction of sp³-hybridized carbons (Fsp3) is 0.529. The molecule has 0 spiro atoms. The number of nitrogens with two attached hydrogens (primary N) is 1. The molecule has 0 bridgehead atoms. The number of carbonyl (C=O) groups excluding carboxylic acids is 2. The van der Waals surface area contributed by atoms with Crippen molar-refractivity contribution in [3.05, 3.63) is 35.4 Å². The predicted molar refractivity (Wildman–Crippen MR) is 91.6 cm³/mol. The summed E-state index contributed by atoms with van der Waals surface area (Å²) in [4.78, 5) is 24.7. The van der Waals surface area contributed by atoms with Gasteiger partial charge in [-0.15, -0.1) is 12.4 Å². The molecular formula is C17H25ClN2O3. The average molecular weight is 341 g/mol. The van der Waals surface area contributed by atoms with Gasteiger partial charge in [0.1, 0.15) is 11.6 Å². The summed E-state index contributed by atoms with van der Waals surface area (Å²) in [6.07, 6.45) is 0.508. The number of fused-ring (bicyclic) bond motifs is 1. The smallest absolute Gasteiger partial charge is 0.324 e. The highest BCUT2D eigenvalue weighted by Crippen LogP contribution is 2.27. The summed E-state index contributed by atoms with van der Waals surface area (Å²) >= 11 is 0. The summed E-state index contributed by atoms with van der Waals surface area (Å²) < 4.78 is 5.44. The summed E-state index contributed by atoms with van der Waals surface area (Å²) in [6, 6.07) is 5.93. The van der Waals surface area contributed by atoms with Crippen LogP contribution in [0.5, 0.6) is 0 Å². The summed E-state index contributed by atoms with van der Waals surface area (Å²) in [5.74, 6) is -0.467. The molecule has 3 atom stereocenters. The second-order valence-corrected chi connectivity index (χ2v) is 6.78. The SMILES string of the molecule is C[C@H](N)C(=O)C1NC(C(=O)OC(C)(C)C)Cc2ccccc21.Cl. The van der Waals surface area contributed by atoms with Crippen molar-refractivity contribution in [2.75, 3.05) is 0 Å². The number of ether oxygens (including phenoxy) is 1. The highest BCUT2D eigenvalue weighted by molar-refractivity contribution is 5.91. The molecule has 128 valence electrons. The number of carbonyl (C=O) groups is 2. The van der Waals surface area contributed by atoms with Crippen LogP contribution in [0.3, 0.4) is 0 Å². The molecule has 0 radical (unpaired) electrons. The van der Waals surface area contributed by atoms with Crippen LogP contribution in [0.1, 0.15) is 44.9 Å². The lowest BCUT2D eigenvalue weighted by Crippen LogP contribution is -2.51. The van der Waals surface area contributed by atoms with Crippen LogP contribution in [0.15, 0.2) is 24.3 Å². The van der Waals surface area contributed by atoms with Gasteiger partial charge in [-0.1, -0.05) is 24.3 Å². The van der Waals surface area contributed by atoms with E-state index in [9.17, 15) is 9.59 Å². The fourth-order valence-corrected chi connectivity index (χ4v) is 2.59. The Morgan fingerprint density at radius 3 is 2.48 bits per heavy atom. The summed E-state index contributed by atoms with van der Waals surface area (Å²) in [6.45, 7) is 7.13. The highest BCUT2D eigenvalue weighted by atomic mass is 35.5. The molecule has 1 aliphatic heterocycles. The third-order valence-corrected chi connectivity index (χ3v) is 3.58. The van der Waals surface area contributed by atoms with E-state index in [1.165, 1.54) is 0 Å². The van der Waals surface area contributed by atoms with Crippen LogP contribution in [-0.4, -0.2) is 29.4 Å². The first kappa shape index (κ1) is 19.6. The Kier molecular flexibility index (Phi) is 6.33. The third kappa shape index (κ3) is 4.77. The number of halogens is 1. The van der Waals surface area contributed by atoms with E-state index in [4.69, 9.17) is 10.5 Å². The predicted octanol–water partition coefficient (Wildman–Crippen LogP) is 1.92. The molecule has 1 heterocycles. The van der Waals surface area contributed by atoms with Gasteiger partial charge in [0.05, 0.1) is 12.1 Å². The molecular weight excluding hydrogens is 316 g/mol. The van der Waals surface area contributed by atoms with Gasteiger partial charge in [-0.25, -0.2) is 0 Å². The lowest BCUT2D eigenvalue weighted by atomic mass is 9.87. The van der Waals surface area contributed by atoms with E-state index < -0.39 is 23.7 Å². The third-order valence-electron chi connectivity index (χ3n) is 3.58. The molecule has 2 rings (SSSR count). The van der Waals surface area contributed by atoms with Gasteiger partial charge in [0.2, 0.25) is 0 Å². The van der Waals surface area contributed by atoms with Crippen molar-refractivity contribution in [2.45, 2.75) is 57.8 Å². The summed E-state index contributed by atoms with van der Waals surface area (Å²) in [5, 5.41) is 3.11. The highest BCUT2D eigenvalue weighted by Gasteiger charge is 2.36. The first-order valence-electron chi connectivity index (χ1n) is 7.55. The zero-order valence-electron chi connectivity index (χ0n) is 14.0. The molecule has 0 fully saturated rings. The number of esters is 1. The van der Waals surface area contributed by atoms with Crippen molar-refractivity contribution in [3.63, 3.8) is 0 Å². The van der Waals surface area contributed by atoms with E-state index in [1.54, 1.807) is 6.92 Å². The van der Waals surface area contributed by atoms with Gasteiger partial charge in [-0.05, 0) is 45.2 Å². The van der Waals surface area contributed by atoms with Gasteiger partial charge in [-0.2, -0.15) is 0 Å². The first-order valence-corrected chi connectivity index (χ1v) is 7.55. The van der Waals surface area contributed by atoms with Crippen molar-refractivity contribution in [2.24, 2.45) is 5.73 Å². The number of ketones is 1. The van der Waals surface area contributed by atoms with Crippen LogP contribution in [-0.2, 0) is 20.7 Å². The van der Waals surface area contributed by atoms with Crippen LogP contribution >= 0.6 is 12.4 Å². The Bertz CT molecular complexity index is 581. The minimum atomic E-state index is -0.594. The van der Waals surface area contributed by atoms with Gasteiger partial charge >= 0.3 is 5.97 Å². The molecule has 0 saturated carbocycles. The molecule has 2 unspecified atom stereocenters. The second-order valence-electron chi connectivity index (χ2n) is 6.78. The quantitative estimate of drug-likeness (QED) is 0.822. The van der Waals surface area contributed by atoms with Crippen LogP contribution in [0.4, 0.5) is 0 Å². The topological polar surface area (TPSA) is 81.4 Å². The molecule has 5 nitrogen and oxygen atoms in total. The van der Waals surface area contributed by atoms with E-state index in [-0.39, 0.29) is 24.2 Å². The second kappa shape index (κ2) is 7.43. The maximum Gasteiger partial charge on any atom is 0.324 e. The zero-order valence-corrected chi connectivity index (χ0v) is 14.8. The van der Waals surface area contributed by atoms with E-state index in [1.807, 2.05) is 45.0 Å². The van der Waals surface area contributed by atoms with E-state index in [0.717, 1.165) is 11.1 Å². The molecule has 3 N–H and O–H groups in total. The Labute approximate surface area is 143 Å². The molecule has 0 aromatic heterocycles. The standard InChI is InChI=1S/C17H24N2O3.ClH/c1-10(18)15(20)14-12-8-6-5-7-11(12)9-13(19-14)16(21)22-17(2,3)4;/h5-8,10,13-14,19H,9,18H2,1-4H3;1H/t10-,13?,14?;/m0./s1. The molecule has 0 aliphatic carbocycles. The van der Waals surface area contributed by atoms with Gasteiger partial charge in [0.25, 0.3) is 0 Å². The molecule has 1 aliphatic rings. The van der Waals surface area contributed by atoms with Crippen molar-refractivity contribution < 1.29 is 14.3 Å². The first-order chi connectivity index (χ1) is 10.2. The number of hydrogen-bond donors (Lipinski definition) is 2. The fourth-order valence-electron chi connectivity index (χ4n) is 2.59. The maximum atomic E-state index is 12.4. The van der Waals surface area contributed by atoms with Gasteiger partial charge in [0, 0.05) is 0 Å². The lowest BCUT2D eigenvalue weighted by molar-refractivity contribution is -0.158. The van der Waals surface area contributed by atoms with E-state index in [0.29, 0.717) is 6.42 Å². The minimum Gasteiger partial charge on any atom is -0.459 e. The van der Waals surface area contributed by atoms with E-state index >= 15 is 0 Å². The summed E-state index contributed by atoms with van der Waals surface area (Å²) in [7, 11) is 0. The number of rotatable bonds is 3. The molecule has 0 saturated heterocycles. The zero-order chi connectivity index (χ0) is 16.5. The van der Waals surface area contributed by atoms with Crippen LogP contribution < -0.4 is 11.1 Å². The number of nitrogens with one attached hydrogen (secondary N) is 1. The number of Topliss-reactive ketones (excluding diaryl/α,β-unsaturated/α-hetero) is 1. The molecule has 6 heteroatoms. The van der Waals surface area contributed by atoms with Gasteiger partial charge in [0.15, 0.2) is 5.78 Å². The molecule has 23 heavy (non-hydrogen) atoms. The lowest BCUT2D eigenvalue weighted by Gasteiger charge is -2.33. The van der Waals surface area contributed by atoms with Gasteiger partial charge in [-0.3, -0.25) is 14.9 Å². The number of benzene rings is 1. The number of hydrogen-bond acceptors (Lipinski definition) is 5. The normalized spacial score (nSPS) is 21.6. The van der Waals surface area contributed by atoms with Crippen LogP contribution in [0, 0.1) is 0 Å². The Hall–Kier alpha value is -1.43. The van der Waals surface area contributed by atoms with Crippen LogP contribution in [0.25, 0.3) is 0 Å². The summed E-state index contributed by atoms with van der Waals surface area (Å²) in [5.41, 5.74) is 7.06. The Morgan fingerprint density at radius 2 is 1.91 bits per heavy atom.